The number of hydrogen-bond acceptors (Lipinski definition) is 2. The lowest BCUT2D eigenvalue weighted by Crippen LogP contribution is -3.16. The van der Waals surface area contributed by atoms with E-state index in [1.165, 1.54) is 5.56 Å². The normalized spacial score (nSPS) is 19.7. The Bertz CT molecular complexity index is 499. The lowest BCUT2D eigenvalue weighted by molar-refractivity contribution is -0.885. The van der Waals surface area contributed by atoms with Gasteiger partial charge >= 0.3 is 0 Å². The summed E-state index contributed by atoms with van der Waals surface area (Å²) in [4.78, 5) is 24.3. The van der Waals surface area contributed by atoms with Crippen LogP contribution >= 0.6 is 0 Å². The summed E-state index contributed by atoms with van der Waals surface area (Å²) >= 11 is 0. The van der Waals surface area contributed by atoms with Gasteiger partial charge in [-0.3, -0.25) is 9.59 Å². The number of quaternary nitrogens is 1. The van der Waals surface area contributed by atoms with Crippen LogP contribution in [0.1, 0.15) is 31.7 Å². The minimum absolute atomic E-state index is 0.0157. The maximum atomic E-state index is 12.0. The summed E-state index contributed by atoms with van der Waals surface area (Å²) in [7, 11) is 0. The van der Waals surface area contributed by atoms with Crippen LogP contribution in [0.25, 0.3) is 0 Å². The van der Waals surface area contributed by atoms with Crippen molar-refractivity contribution < 1.29 is 14.5 Å². The van der Waals surface area contributed by atoms with Gasteiger partial charge in [-0.25, -0.2) is 0 Å². The van der Waals surface area contributed by atoms with Gasteiger partial charge in [-0.1, -0.05) is 26.0 Å². The van der Waals surface area contributed by atoms with Gasteiger partial charge in [0.05, 0.1) is 13.1 Å². The molecule has 0 radical (unpaired) electrons. The van der Waals surface area contributed by atoms with Crippen molar-refractivity contribution in [1.82, 2.24) is 5.32 Å². The Kier molecular flexibility index (Phi) is 5.33. The van der Waals surface area contributed by atoms with Crippen molar-refractivity contribution in [3.8, 4) is 0 Å². The first kappa shape index (κ1) is 15.5. The minimum Gasteiger partial charge on any atom is -0.346 e. The molecular formula is C16H24N3O2+. The van der Waals surface area contributed by atoms with Crippen LogP contribution in [0, 0.1) is 0 Å². The molecule has 1 aromatic rings. The summed E-state index contributed by atoms with van der Waals surface area (Å²) in [5.74, 6) is 0.504. The van der Waals surface area contributed by atoms with Crippen LogP contribution < -0.4 is 15.5 Å². The van der Waals surface area contributed by atoms with Crippen LogP contribution in [0.2, 0.25) is 0 Å². The van der Waals surface area contributed by atoms with E-state index in [0.29, 0.717) is 25.6 Å². The molecule has 0 aromatic heterocycles. The standard InChI is InChI=1S/C16H23N3O2/c1-3-12(2)13-4-6-14(7-5-13)18-16(21)11-19-9-8-17-15(20)10-19/h4-7,12H,3,8-11H2,1-2H3,(H,17,20)(H,18,21)/p+1/t12-/m1/s1. The molecule has 0 aliphatic carbocycles. The molecule has 5 heteroatoms. The van der Waals surface area contributed by atoms with Gasteiger partial charge in [0.15, 0.2) is 13.1 Å². The van der Waals surface area contributed by atoms with Crippen LogP contribution in [-0.4, -0.2) is 38.0 Å². The predicted octanol–water partition coefficient (Wildman–Crippen LogP) is 0.153. The zero-order valence-corrected chi connectivity index (χ0v) is 12.7. The molecule has 1 heterocycles. The van der Waals surface area contributed by atoms with Crippen LogP contribution in [0.4, 0.5) is 5.69 Å². The lowest BCUT2D eigenvalue weighted by atomic mass is 9.99. The molecule has 0 bridgehead atoms. The highest BCUT2D eigenvalue weighted by molar-refractivity contribution is 5.91. The molecule has 0 saturated carbocycles. The summed E-state index contributed by atoms with van der Waals surface area (Å²) in [5.41, 5.74) is 2.10. The van der Waals surface area contributed by atoms with Gasteiger partial charge in [-0.2, -0.15) is 0 Å². The summed E-state index contributed by atoms with van der Waals surface area (Å²) < 4.78 is 0. The number of nitrogens with one attached hydrogen (secondary N) is 3. The second-order valence-electron chi connectivity index (χ2n) is 5.68. The number of benzene rings is 1. The fraction of sp³-hybridized carbons (Fsp3) is 0.500. The molecule has 1 unspecified atom stereocenters. The first-order valence-electron chi connectivity index (χ1n) is 7.58. The summed E-state index contributed by atoms with van der Waals surface area (Å²) in [6, 6.07) is 8.01. The smallest absolute Gasteiger partial charge is 0.279 e. The molecular weight excluding hydrogens is 266 g/mol. The Hall–Kier alpha value is -1.88. The third-order valence-electron chi connectivity index (χ3n) is 4.00. The maximum absolute atomic E-state index is 12.0. The number of piperazine rings is 1. The van der Waals surface area contributed by atoms with Gasteiger partial charge in [-0.05, 0) is 30.0 Å². The molecule has 0 spiro atoms. The van der Waals surface area contributed by atoms with Crippen LogP contribution in [0.5, 0.6) is 0 Å². The highest BCUT2D eigenvalue weighted by atomic mass is 16.2. The van der Waals surface area contributed by atoms with Crippen molar-refractivity contribution in [3.05, 3.63) is 29.8 Å². The van der Waals surface area contributed by atoms with E-state index in [9.17, 15) is 9.59 Å². The number of hydrogen-bond donors (Lipinski definition) is 3. The molecule has 21 heavy (non-hydrogen) atoms. The molecule has 3 N–H and O–H groups in total. The average Bonchev–Trinajstić information content (AvgIpc) is 2.47. The molecule has 2 atom stereocenters. The Morgan fingerprint density at radius 2 is 2.10 bits per heavy atom. The van der Waals surface area contributed by atoms with E-state index < -0.39 is 0 Å². The topological polar surface area (TPSA) is 62.6 Å². The maximum Gasteiger partial charge on any atom is 0.279 e. The molecule has 1 fully saturated rings. The largest absolute Gasteiger partial charge is 0.346 e. The van der Waals surface area contributed by atoms with Gasteiger partial charge in [-0.15, -0.1) is 0 Å². The quantitative estimate of drug-likeness (QED) is 0.723. The van der Waals surface area contributed by atoms with Crippen molar-refractivity contribution in [2.75, 3.05) is 31.5 Å². The van der Waals surface area contributed by atoms with Crippen LogP contribution in [0.3, 0.4) is 0 Å². The molecule has 1 aliphatic rings. The van der Waals surface area contributed by atoms with E-state index in [0.717, 1.165) is 23.6 Å². The number of anilines is 1. The number of carbonyl (C=O) groups excluding carboxylic acids is 2. The fourth-order valence-corrected chi connectivity index (χ4v) is 2.47. The monoisotopic (exact) mass is 290 g/mol. The third-order valence-corrected chi connectivity index (χ3v) is 4.00. The first-order valence-corrected chi connectivity index (χ1v) is 7.58. The second kappa shape index (κ2) is 7.22. The number of carbonyl (C=O) groups is 2. The van der Waals surface area contributed by atoms with Crippen molar-refractivity contribution in [3.63, 3.8) is 0 Å². The van der Waals surface area contributed by atoms with Gasteiger partial charge < -0.3 is 15.5 Å². The average molecular weight is 290 g/mol. The molecule has 2 amide bonds. The van der Waals surface area contributed by atoms with Crippen molar-refractivity contribution in [2.45, 2.75) is 26.2 Å². The molecule has 5 nitrogen and oxygen atoms in total. The minimum atomic E-state index is -0.0454. The number of amides is 2. The van der Waals surface area contributed by atoms with E-state index in [2.05, 4.69) is 36.6 Å². The van der Waals surface area contributed by atoms with Gasteiger partial charge in [0.1, 0.15) is 0 Å². The molecule has 114 valence electrons. The van der Waals surface area contributed by atoms with E-state index in [4.69, 9.17) is 0 Å². The SMILES string of the molecule is CC[C@@H](C)c1ccc(NC(=O)C[NH+]2CCNC(=O)C2)cc1. The predicted molar refractivity (Wildman–Crippen MR) is 82.4 cm³/mol. The van der Waals surface area contributed by atoms with Crippen molar-refractivity contribution >= 4 is 17.5 Å². The summed E-state index contributed by atoms with van der Waals surface area (Å²) in [6.45, 7) is 6.51. The van der Waals surface area contributed by atoms with E-state index in [1.807, 2.05) is 12.1 Å². The summed E-state index contributed by atoms with van der Waals surface area (Å²) in [6.07, 6.45) is 1.10. The number of rotatable bonds is 5. The highest BCUT2D eigenvalue weighted by Gasteiger charge is 2.22. The van der Waals surface area contributed by atoms with E-state index >= 15 is 0 Å². The fourth-order valence-electron chi connectivity index (χ4n) is 2.47. The lowest BCUT2D eigenvalue weighted by Gasteiger charge is -2.22. The molecule has 1 aliphatic heterocycles. The van der Waals surface area contributed by atoms with Crippen LogP contribution in [0.15, 0.2) is 24.3 Å². The van der Waals surface area contributed by atoms with Crippen molar-refractivity contribution in [1.29, 1.82) is 0 Å². The van der Waals surface area contributed by atoms with Gasteiger partial charge in [0, 0.05) is 5.69 Å². The molecule has 1 saturated heterocycles. The zero-order chi connectivity index (χ0) is 15.2. The summed E-state index contributed by atoms with van der Waals surface area (Å²) in [5, 5.41) is 5.66. The van der Waals surface area contributed by atoms with E-state index in [-0.39, 0.29) is 11.8 Å². The van der Waals surface area contributed by atoms with Crippen molar-refractivity contribution in [2.24, 2.45) is 0 Å². The van der Waals surface area contributed by atoms with E-state index in [1.54, 1.807) is 0 Å². The zero-order valence-electron chi connectivity index (χ0n) is 12.7. The highest BCUT2D eigenvalue weighted by Crippen LogP contribution is 2.20. The first-order chi connectivity index (χ1) is 10.1. The Labute approximate surface area is 125 Å². The van der Waals surface area contributed by atoms with Gasteiger partial charge in [0.25, 0.3) is 11.8 Å². The molecule has 2 rings (SSSR count). The molecule has 1 aromatic carbocycles. The third kappa shape index (κ3) is 4.56. The van der Waals surface area contributed by atoms with Crippen LogP contribution in [-0.2, 0) is 9.59 Å². The Morgan fingerprint density at radius 1 is 1.38 bits per heavy atom. The Balaban J connectivity index is 1.86. The Morgan fingerprint density at radius 3 is 2.71 bits per heavy atom. The van der Waals surface area contributed by atoms with Gasteiger partial charge in [0.2, 0.25) is 0 Å². The second-order valence-corrected chi connectivity index (χ2v) is 5.68.